The van der Waals surface area contributed by atoms with Crippen LogP contribution in [0.2, 0.25) is 5.02 Å². The van der Waals surface area contributed by atoms with Crippen LogP contribution in [0, 0.1) is 0 Å². The van der Waals surface area contributed by atoms with Gasteiger partial charge in [-0.25, -0.2) is 0 Å². The highest BCUT2D eigenvalue weighted by Crippen LogP contribution is 2.35. The largest absolute Gasteiger partial charge is 0.491 e. The highest BCUT2D eigenvalue weighted by molar-refractivity contribution is 6.30. The van der Waals surface area contributed by atoms with Gasteiger partial charge in [0.2, 0.25) is 0 Å². The quantitative estimate of drug-likeness (QED) is 0.852. The zero-order valence-corrected chi connectivity index (χ0v) is 9.96. The van der Waals surface area contributed by atoms with E-state index in [-0.39, 0.29) is 0 Å². The molecule has 0 amide bonds. The number of nitrogens with one attached hydrogen (secondary N) is 1. The Balaban J connectivity index is 1.77. The summed E-state index contributed by atoms with van der Waals surface area (Å²) in [5.74, 6) is 0.986. The summed E-state index contributed by atoms with van der Waals surface area (Å²) in [5, 5.41) is 4.47. The van der Waals surface area contributed by atoms with Crippen LogP contribution >= 0.6 is 11.6 Å². The summed E-state index contributed by atoms with van der Waals surface area (Å²) in [5.41, 5.74) is 1.22. The first kappa shape index (κ1) is 10.4. The zero-order valence-electron chi connectivity index (χ0n) is 9.21. The predicted molar refractivity (Wildman–Crippen MR) is 65.1 cm³/mol. The van der Waals surface area contributed by atoms with Crippen molar-refractivity contribution in [2.75, 3.05) is 6.61 Å². The van der Waals surface area contributed by atoms with Crippen molar-refractivity contribution in [1.29, 1.82) is 0 Å². The number of ether oxygens (including phenoxy) is 1. The van der Waals surface area contributed by atoms with Gasteiger partial charge < -0.3 is 10.1 Å². The molecule has 1 unspecified atom stereocenters. The summed E-state index contributed by atoms with van der Waals surface area (Å²) in [6.45, 7) is 0.742. The third-order valence-electron chi connectivity index (χ3n) is 3.54. The molecule has 1 aliphatic carbocycles. The molecule has 16 heavy (non-hydrogen) atoms. The molecule has 3 heteroatoms. The van der Waals surface area contributed by atoms with Gasteiger partial charge in [0.05, 0.1) is 6.04 Å². The number of hydrogen-bond donors (Lipinski definition) is 1. The molecule has 0 bridgehead atoms. The highest BCUT2D eigenvalue weighted by Gasteiger charge is 2.27. The Kier molecular flexibility index (Phi) is 2.78. The van der Waals surface area contributed by atoms with E-state index in [1.165, 1.54) is 31.2 Å². The monoisotopic (exact) mass is 237 g/mol. The maximum Gasteiger partial charge on any atom is 0.124 e. The summed E-state index contributed by atoms with van der Waals surface area (Å²) >= 11 is 6.02. The lowest BCUT2D eigenvalue weighted by Gasteiger charge is -2.17. The van der Waals surface area contributed by atoms with Crippen LogP contribution in [0.1, 0.15) is 37.3 Å². The fourth-order valence-corrected chi connectivity index (χ4v) is 2.88. The fraction of sp³-hybridized carbons (Fsp3) is 0.538. The number of hydrogen-bond acceptors (Lipinski definition) is 2. The summed E-state index contributed by atoms with van der Waals surface area (Å²) in [6.07, 6.45) is 5.31. The first-order valence-corrected chi connectivity index (χ1v) is 6.39. The minimum absolute atomic E-state index is 0.330. The van der Waals surface area contributed by atoms with Crippen molar-refractivity contribution in [2.45, 2.75) is 37.8 Å². The van der Waals surface area contributed by atoms with E-state index in [2.05, 4.69) is 5.32 Å². The van der Waals surface area contributed by atoms with Crippen molar-refractivity contribution in [1.82, 2.24) is 5.32 Å². The maximum atomic E-state index is 6.02. The van der Waals surface area contributed by atoms with Gasteiger partial charge in [0.25, 0.3) is 0 Å². The average molecular weight is 238 g/mol. The summed E-state index contributed by atoms with van der Waals surface area (Å²) in [6, 6.07) is 6.87. The van der Waals surface area contributed by atoms with E-state index in [9.17, 15) is 0 Å². The van der Waals surface area contributed by atoms with Gasteiger partial charge in [-0.15, -0.1) is 0 Å². The average Bonchev–Trinajstić information content (AvgIpc) is 2.90. The minimum Gasteiger partial charge on any atom is -0.491 e. The Morgan fingerprint density at radius 2 is 2.06 bits per heavy atom. The second kappa shape index (κ2) is 4.27. The Bertz CT molecular complexity index is 388. The molecule has 86 valence electrons. The van der Waals surface area contributed by atoms with E-state index in [0.717, 1.165) is 17.4 Å². The van der Waals surface area contributed by atoms with Crippen LogP contribution in [0.5, 0.6) is 5.75 Å². The molecular weight excluding hydrogens is 222 g/mol. The molecule has 2 aliphatic rings. The first-order valence-electron chi connectivity index (χ1n) is 6.01. The van der Waals surface area contributed by atoms with Gasteiger partial charge in [-0.1, -0.05) is 24.4 Å². The second-order valence-corrected chi connectivity index (χ2v) is 5.13. The van der Waals surface area contributed by atoms with Gasteiger partial charge >= 0.3 is 0 Å². The third-order valence-corrected chi connectivity index (χ3v) is 3.78. The fourth-order valence-electron chi connectivity index (χ4n) is 2.70. The molecule has 1 aromatic carbocycles. The number of benzene rings is 1. The van der Waals surface area contributed by atoms with E-state index in [1.54, 1.807) is 0 Å². The molecule has 3 rings (SSSR count). The SMILES string of the molecule is Clc1ccc2c(c1)C(NC1CCCC1)CO2. The van der Waals surface area contributed by atoms with Gasteiger partial charge in [-0.2, -0.15) is 0 Å². The normalized spacial score (nSPS) is 24.4. The van der Waals surface area contributed by atoms with Crippen LogP contribution in [0.3, 0.4) is 0 Å². The van der Waals surface area contributed by atoms with E-state index in [4.69, 9.17) is 16.3 Å². The molecule has 1 atom stereocenters. The van der Waals surface area contributed by atoms with Crippen molar-refractivity contribution in [2.24, 2.45) is 0 Å². The van der Waals surface area contributed by atoms with Gasteiger partial charge in [0, 0.05) is 16.6 Å². The Labute approximate surface area is 101 Å². The Morgan fingerprint density at radius 1 is 1.25 bits per heavy atom. The van der Waals surface area contributed by atoms with E-state index >= 15 is 0 Å². The molecule has 1 saturated carbocycles. The van der Waals surface area contributed by atoms with Gasteiger partial charge in [-0.3, -0.25) is 0 Å². The van der Waals surface area contributed by atoms with Crippen LogP contribution in [0.4, 0.5) is 0 Å². The Morgan fingerprint density at radius 3 is 2.88 bits per heavy atom. The minimum atomic E-state index is 0.330. The standard InChI is InChI=1S/C13H16ClNO/c14-9-5-6-13-11(7-9)12(8-16-13)15-10-3-1-2-4-10/h5-7,10,12,15H,1-4,8H2. The topological polar surface area (TPSA) is 21.3 Å². The van der Waals surface area contributed by atoms with Crippen LogP contribution < -0.4 is 10.1 Å². The molecule has 1 aliphatic heterocycles. The lowest BCUT2D eigenvalue weighted by atomic mass is 10.1. The molecule has 0 aromatic heterocycles. The summed E-state index contributed by atoms with van der Waals surface area (Å²) in [7, 11) is 0. The smallest absolute Gasteiger partial charge is 0.124 e. The third kappa shape index (κ3) is 1.92. The van der Waals surface area contributed by atoms with Gasteiger partial charge in [0.1, 0.15) is 12.4 Å². The molecule has 1 fully saturated rings. The van der Waals surface area contributed by atoms with Crippen LogP contribution in [-0.2, 0) is 0 Å². The van der Waals surface area contributed by atoms with Crippen molar-refractivity contribution < 1.29 is 4.74 Å². The van der Waals surface area contributed by atoms with Gasteiger partial charge in [0.15, 0.2) is 0 Å². The lowest BCUT2D eigenvalue weighted by Crippen LogP contribution is -2.31. The maximum absolute atomic E-state index is 6.02. The molecule has 1 heterocycles. The summed E-state index contributed by atoms with van der Waals surface area (Å²) < 4.78 is 5.66. The molecule has 0 radical (unpaired) electrons. The van der Waals surface area contributed by atoms with E-state index in [0.29, 0.717) is 12.1 Å². The second-order valence-electron chi connectivity index (χ2n) is 4.69. The number of halogens is 1. The molecular formula is C13H16ClNO. The van der Waals surface area contributed by atoms with Crippen LogP contribution in [0.25, 0.3) is 0 Å². The zero-order chi connectivity index (χ0) is 11.0. The van der Waals surface area contributed by atoms with E-state index in [1.807, 2.05) is 18.2 Å². The predicted octanol–water partition coefficient (Wildman–Crippen LogP) is 3.31. The van der Waals surface area contributed by atoms with Crippen LogP contribution in [-0.4, -0.2) is 12.6 Å². The van der Waals surface area contributed by atoms with Crippen molar-refractivity contribution in [3.05, 3.63) is 28.8 Å². The van der Waals surface area contributed by atoms with Crippen molar-refractivity contribution in [3.63, 3.8) is 0 Å². The number of rotatable bonds is 2. The van der Waals surface area contributed by atoms with Gasteiger partial charge in [-0.05, 0) is 31.0 Å². The highest BCUT2D eigenvalue weighted by atomic mass is 35.5. The lowest BCUT2D eigenvalue weighted by molar-refractivity contribution is 0.297. The molecule has 1 aromatic rings. The molecule has 0 saturated heterocycles. The van der Waals surface area contributed by atoms with Crippen molar-refractivity contribution in [3.8, 4) is 5.75 Å². The van der Waals surface area contributed by atoms with Crippen molar-refractivity contribution >= 4 is 11.6 Å². The molecule has 1 N–H and O–H groups in total. The first-order chi connectivity index (χ1) is 7.83. The Hall–Kier alpha value is -0.730. The van der Waals surface area contributed by atoms with Crippen LogP contribution in [0.15, 0.2) is 18.2 Å². The molecule has 2 nitrogen and oxygen atoms in total. The van der Waals surface area contributed by atoms with E-state index < -0.39 is 0 Å². The molecule has 0 spiro atoms. The number of fused-ring (bicyclic) bond motifs is 1. The summed E-state index contributed by atoms with van der Waals surface area (Å²) in [4.78, 5) is 0.